The van der Waals surface area contributed by atoms with E-state index < -0.39 is 10.3 Å². The Balaban J connectivity index is 2.89. The molecule has 1 N–H and O–H groups in total. The van der Waals surface area contributed by atoms with Crippen LogP contribution in [0.4, 0.5) is 0 Å². The number of allylic oxidation sites excluding steroid dienone is 1. The molecule has 1 heterocycles. The minimum absolute atomic E-state index is 0.387. The number of hydrogen-bond acceptors (Lipinski definition) is 2. The van der Waals surface area contributed by atoms with Crippen LogP contribution < -0.4 is 5.32 Å². The van der Waals surface area contributed by atoms with Crippen molar-refractivity contribution in [2.45, 2.75) is 12.8 Å². The van der Waals surface area contributed by atoms with E-state index in [4.69, 9.17) is 0 Å². The maximum atomic E-state index is 10.2. The molecule has 0 amide bonds. The van der Waals surface area contributed by atoms with Crippen molar-refractivity contribution < 1.29 is 8.42 Å². The standard InChI is InChI=1S/C5H7NO2S/c7-9(8)5-3-1-2-4-6-5/h2,4,6H,1,3H2. The first-order valence-electron chi connectivity index (χ1n) is 2.67. The molecule has 0 saturated carbocycles. The fourth-order valence-corrected chi connectivity index (χ4v) is 1.10. The van der Waals surface area contributed by atoms with Gasteiger partial charge in [0.2, 0.25) is 10.3 Å². The third-order valence-electron chi connectivity index (χ3n) is 1.10. The highest BCUT2D eigenvalue weighted by Crippen LogP contribution is 1.95. The predicted octanol–water partition coefficient (Wildman–Crippen LogP) is -0.107. The van der Waals surface area contributed by atoms with Crippen LogP contribution in [-0.2, 0) is 10.3 Å². The molecule has 1 rings (SSSR count). The first-order valence-corrected chi connectivity index (χ1v) is 3.75. The number of hydrogen-bond donors (Lipinski definition) is 1. The van der Waals surface area contributed by atoms with Crippen LogP contribution in [0.5, 0.6) is 0 Å². The van der Waals surface area contributed by atoms with E-state index in [1.165, 1.54) is 0 Å². The van der Waals surface area contributed by atoms with E-state index in [2.05, 4.69) is 5.32 Å². The van der Waals surface area contributed by atoms with E-state index in [0.29, 0.717) is 11.4 Å². The van der Waals surface area contributed by atoms with Crippen molar-refractivity contribution in [1.29, 1.82) is 0 Å². The van der Waals surface area contributed by atoms with Gasteiger partial charge in [0.05, 0.1) is 0 Å². The molecule has 4 heteroatoms. The van der Waals surface area contributed by atoms with Crippen LogP contribution in [0.1, 0.15) is 12.8 Å². The lowest BCUT2D eigenvalue weighted by Gasteiger charge is -2.03. The normalized spacial score (nSPS) is 17.1. The van der Waals surface area contributed by atoms with E-state index in [9.17, 15) is 8.42 Å². The van der Waals surface area contributed by atoms with Gasteiger partial charge in [-0.1, -0.05) is 6.08 Å². The summed E-state index contributed by atoms with van der Waals surface area (Å²) >= 11 is 0. The van der Waals surface area contributed by atoms with Gasteiger partial charge in [-0.15, -0.1) is 0 Å². The zero-order valence-electron chi connectivity index (χ0n) is 4.79. The second kappa shape index (κ2) is 2.68. The summed E-state index contributed by atoms with van der Waals surface area (Å²) in [6.07, 6.45) is 4.97. The van der Waals surface area contributed by atoms with Gasteiger partial charge in [-0.25, -0.2) is 0 Å². The molecule has 3 nitrogen and oxygen atoms in total. The Bertz CT molecular complexity index is 242. The molecule has 0 spiro atoms. The Hall–Kier alpha value is -0.770. The van der Waals surface area contributed by atoms with Gasteiger partial charge in [-0.2, -0.15) is 8.42 Å². The van der Waals surface area contributed by atoms with Crippen LogP contribution in [0, 0.1) is 0 Å². The van der Waals surface area contributed by atoms with Crippen LogP contribution in [0.2, 0.25) is 0 Å². The predicted molar refractivity (Wildman–Crippen MR) is 35.4 cm³/mol. The molecule has 0 aliphatic carbocycles. The second-order valence-electron chi connectivity index (χ2n) is 1.74. The Morgan fingerprint density at radius 2 is 2.33 bits per heavy atom. The lowest BCUT2D eigenvalue weighted by Crippen LogP contribution is -2.20. The third kappa shape index (κ3) is 1.57. The van der Waals surface area contributed by atoms with E-state index in [1.54, 1.807) is 6.20 Å². The lowest BCUT2D eigenvalue weighted by atomic mass is 10.2. The first kappa shape index (κ1) is 6.35. The van der Waals surface area contributed by atoms with Crippen LogP contribution in [0.3, 0.4) is 0 Å². The SMILES string of the molecule is O=S(=O)=C1CCC=CN1. The molecule has 0 unspecified atom stereocenters. The van der Waals surface area contributed by atoms with Gasteiger partial charge >= 0.3 is 0 Å². The van der Waals surface area contributed by atoms with Gasteiger partial charge in [0.25, 0.3) is 0 Å². The molecule has 0 fully saturated rings. The average Bonchev–Trinajstić information content (AvgIpc) is 1.90. The second-order valence-corrected chi connectivity index (χ2v) is 2.71. The molecule has 0 aromatic carbocycles. The maximum Gasteiger partial charge on any atom is 0.233 e. The van der Waals surface area contributed by atoms with Gasteiger partial charge in [0.15, 0.2) is 0 Å². The molecule has 1 aliphatic rings. The molecule has 0 bridgehead atoms. The van der Waals surface area contributed by atoms with Crippen LogP contribution >= 0.6 is 0 Å². The third-order valence-corrected chi connectivity index (χ3v) is 1.83. The molecule has 9 heavy (non-hydrogen) atoms. The molecule has 0 saturated heterocycles. The summed E-state index contributed by atoms with van der Waals surface area (Å²) in [4.78, 5) is 0.387. The molecule has 0 radical (unpaired) electrons. The van der Waals surface area contributed by atoms with E-state index in [1.807, 2.05) is 6.08 Å². The van der Waals surface area contributed by atoms with E-state index in [0.717, 1.165) is 6.42 Å². The van der Waals surface area contributed by atoms with Crippen molar-refractivity contribution in [2.24, 2.45) is 0 Å². The highest BCUT2D eigenvalue weighted by atomic mass is 32.2. The molecule has 0 aromatic heterocycles. The summed E-state index contributed by atoms with van der Waals surface area (Å²) in [5, 5.41) is 2.64. The van der Waals surface area contributed by atoms with Crippen molar-refractivity contribution in [2.75, 3.05) is 0 Å². The summed E-state index contributed by atoms with van der Waals surface area (Å²) in [6, 6.07) is 0. The van der Waals surface area contributed by atoms with Crippen molar-refractivity contribution in [3.63, 3.8) is 0 Å². The molecule has 1 aliphatic heterocycles. The fourth-order valence-electron chi connectivity index (χ4n) is 0.653. The molecule has 0 aromatic rings. The summed E-state index contributed by atoms with van der Waals surface area (Å²) in [6.45, 7) is 0. The fraction of sp³-hybridized carbons (Fsp3) is 0.400. The van der Waals surface area contributed by atoms with Gasteiger partial charge in [0, 0.05) is 6.42 Å². The number of rotatable bonds is 0. The zero-order chi connectivity index (χ0) is 6.69. The van der Waals surface area contributed by atoms with Gasteiger partial charge in [-0.05, 0) is 12.6 Å². The van der Waals surface area contributed by atoms with Crippen molar-refractivity contribution in [3.05, 3.63) is 12.3 Å². The smallest absolute Gasteiger partial charge is 0.233 e. The average molecular weight is 145 g/mol. The van der Waals surface area contributed by atoms with Crippen LogP contribution in [0.15, 0.2) is 12.3 Å². The maximum absolute atomic E-state index is 10.2. The van der Waals surface area contributed by atoms with E-state index >= 15 is 0 Å². The zero-order valence-corrected chi connectivity index (χ0v) is 5.61. The Labute approximate surface area is 54.9 Å². The lowest BCUT2D eigenvalue weighted by molar-refractivity contribution is 0.626. The Morgan fingerprint density at radius 3 is 2.67 bits per heavy atom. The van der Waals surface area contributed by atoms with Crippen molar-refractivity contribution in [3.8, 4) is 0 Å². The van der Waals surface area contributed by atoms with E-state index in [-0.39, 0.29) is 0 Å². The Morgan fingerprint density at radius 1 is 1.56 bits per heavy atom. The van der Waals surface area contributed by atoms with Gasteiger partial charge in [-0.3, -0.25) is 0 Å². The van der Waals surface area contributed by atoms with Crippen molar-refractivity contribution in [1.82, 2.24) is 5.32 Å². The van der Waals surface area contributed by atoms with Crippen LogP contribution in [-0.4, -0.2) is 13.4 Å². The molecular formula is C5H7NO2S. The highest BCUT2D eigenvalue weighted by molar-refractivity contribution is 7.72. The van der Waals surface area contributed by atoms with Crippen LogP contribution in [0.25, 0.3) is 0 Å². The molecule has 50 valence electrons. The summed E-state index contributed by atoms with van der Waals surface area (Å²) in [5.41, 5.74) is 0. The summed E-state index contributed by atoms with van der Waals surface area (Å²) in [7, 11) is -2.05. The minimum Gasteiger partial charge on any atom is -0.353 e. The topological polar surface area (TPSA) is 46.2 Å². The van der Waals surface area contributed by atoms with Gasteiger partial charge < -0.3 is 5.32 Å². The Kier molecular flexibility index (Phi) is 1.89. The molecule has 0 atom stereocenters. The largest absolute Gasteiger partial charge is 0.353 e. The summed E-state index contributed by atoms with van der Waals surface area (Å²) < 4.78 is 20.4. The highest BCUT2D eigenvalue weighted by Gasteiger charge is 2.00. The first-order chi connectivity index (χ1) is 4.30. The number of nitrogens with one attached hydrogen (secondary N) is 1. The quantitative estimate of drug-likeness (QED) is 0.484. The monoisotopic (exact) mass is 145 g/mol. The minimum atomic E-state index is -2.05. The summed E-state index contributed by atoms with van der Waals surface area (Å²) in [5.74, 6) is 0. The van der Waals surface area contributed by atoms with Gasteiger partial charge in [0.1, 0.15) is 4.99 Å². The molecular weight excluding hydrogens is 138 g/mol. The van der Waals surface area contributed by atoms with Crippen molar-refractivity contribution >= 4 is 15.3 Å².